The van der Waals surface area contributed by atoms with Gasteiger partial charge in [0.15, 0.2) is 0 Å². The molecule has 4 aromatic rings. The van der Waals surface area contributed by atoms with Crippen LogP contribution in [-0.4, -0.2) is 30.1 Å². The Morgan fingerprint density at radius 2 is 1.76 bits per heavy atom. The molecular weight excluding hydrogens is 497 g/mol. The van der Waals surface area contributed by atoms with Gasteiger partial charge in [0, 0.05) is 22.7 Å². The predicted octanol–water partition coefficient (Wildman–Crippen LogP) is 6.65. The average Bonchev–Trinajstić information content (AvgIpc) is 3.32. The van der Waals surface area contributed by atoms with Crippen LogP contribution in [0.4, 0.5) is 0 Å². The Morgan fingerprint density at radius 3 is 2.47 bits per heavy atom. The highest BCUT2D eigenvalue weighted by Crippen LogP contribution is 2.33. The fraction of sp³-hybridized carbons (Fsp3) is 0.120. The maximum Gasteiger partial charge on any atom is 0.254 e. The van der Waals surface area contributed by atoms with E-state index >= 15 is 0 Å². The molecule has 0 bridgehead atoms. The van der Waals surface area contributed by atoms with Crippen LogP contribution in [0.1, 0.15) is 15.9 Å². The number of rotatable bonds is 7. The number of halogens is 3. The lowest BCUT2D eigenvalue weighted by Crippen LogP contribution is -2.23. The molecule has 0 fully saturated rings. The Morgan fingerprint density at radius 1 is 1.00 bits per heavy atom. The van der Waals surface area contributed by atoms with Crippen molar-refractivity contribution in [1.82, 2.24) is 15.3 Å². The van der Waals surface area contributed by atoms with Crippen molar-refractivity contribution in [2.75, 3.05) is 14.2 Å². The summed E-state index contributed by atoms with van der Waals surface area (Å²) in [5.41, 5.74) is 3.55. The molecule has 3 aromatic carbocycles. The Labute approximate surface area is 211 Å². The minimum atomic E-state index is -0.387. The molecule has 1 heterocycles. The molecule has 1 aromatic heterocycles. The first kappa shape index (κ1) is 24.0. The molecule has 6 nitrogen and oxygen atoms in total. The van der Waals surface area contributed by atoms with Crippen molar-refractivity contribution in [2.45, 2.75) is 6.54 Å². The van der Waals surface area contributed by atoms with Crippen LogP contribution in [0, 0.1) is 0 Å². The number of hydrogen-bond donors (Lipinski definition) is 2. The molecule has 0 saturated heterocycles. The van der Waals surface area contributed by atoms with E-state index in [0.717, 1.165) is 22.4 Å². The third kappa shape index (κ3) is 5.14. The second-order valence-corrected chi connectivity index (χ2v) is 8.59. The van der Waals surface area contributed by atoms with Gasteiger partial charge in [0.1, 0.15) is 17.3 Å². The van der Waals surface area contributed by atoms with Crippen molar-refractivity contribution in [3.63, 3.8) is 0 Å². The quantitative estimate of drug-likeness (QED) is 0.288. The first-order chi connectivity index (χ1) is 16.4. The highest BCUT2D eigenvalue weighted by molar-refractivity contribution is 6.42. The van der Waals surface area contributed by atoms with Crippen LogP contribution in [0.25, 0.3) is 22.6 Å². The standard InChI is InChI=1S/C25H20Cl3N3O3/c1-33-17-6-7-22(34-2)18(11-17)21-13-29-24(31-21)15-5-3-4-14(8-15)12-30-25(32)23-19(27)9-16(26)10-20(23)28/h3-11,13H,12H2,1-2H3,(H,29,31)(H,30,32). The van der Waals surface area contributed by atoms with E-state index in [9.17, 15) is 4.79 Å². The number of benzene rings is 3. The highest BCUT2D eigenvalue weighted by atomic mass is 35.5. The van der Waals surface area contributed by atoms with Crippen molar-refractivity contribution in [1.29, 1.82) is 0 Å². The molecule has 4 rings (SSSR count). The number of imidazole rings is 1. The fourth-order valence-electron chi connectivity index (χ4n) is 3.49. The molecule has 0 aliphatic carbocycles. The summed E-state index contributed by atoms with van der Waals surface area (Å²) in [6.45, 7) is 0.277. The number of amides is 1. The second kappa shape index (κ2) is 10.4. The molecule has 0 aliphatic heterocycles. The highest BCUT2D eigenvalue weighted by Gasteiger charge is 2.16. The summed E-state index contributed by atoms with van der Waals surface area (Å²) in [4.78, 5) is 20.5. The average molecular weight is 517 g/mol. The number of nitrogens with zero attached hydrogens (tertiary/aromatic N) is 1. The number of hydrogen-bond acceptors (Lipinski definition) is 4. The van der Waals surface area contributed by atoms with Crippen molar-refractivity contribution >= 4 is 40.7 Å². The lowest BCUT2D eigenvalue weighted by molar-refractivity contribution is 0.0951. The van der Waals surface area contributed by atoms with Crippen molar-refractivity contribution in [2.24, 2.45) is 0 Å². The minimum Gasteiger partial charge on any atom is -0.497 e. The first-order valence-corrected chi connectivity index (χ1v) is 11.3. The van der Waals surface area contributed by atoms with E-state index in [1.165, 1.54) is 12.1 Å². The van der Waals surface area contributed by atoms with Crippen LogP contribution in [0.2, 0.25) is 15.1 Å². The molecule has 9 heteroatoms. The molecule has 0 unspecified atom stereocenters. The fourth-order valence-corrected chi connectivity index (χ4v) is 4.48. The SMILES string of the molecule is COc1ccc(OC)c(-c2cnc(-c3cccc(CNC(=O)c4c(Cl)cc(Cl)cc4Cl)c3)[nH]2)c1. The van der Waals surface area contributed by atoms with E-state index in [0.29, 0.717) is 22.3 Å². The molecule has 0 saturated carbocycles. The third-order valence-corrected chi connectivity index (χ3v) is 5.97. The zero-order valence-electron chi connectivity index (χ0n) is 18.3. The van der Waals surface area contributed by atoms with E-state index in [1.54, 1.807) is 20.4 Å². The van der Waals surface area contributed by atoms with Gasteiger partial charge in [-0.3, -0.25) is 4.79 Å². The normalized spacial score (nSPS) is 10.7. The van der Waals surface area contributed by atoms with Gasteiger partial charge in [-0.1, -0.05) is 53.0 Å². The monoisotopic (exact) mass is 515 g/mol. The number of methoxy groups -OCH3 is 2. The van der Waals surface area contributed by atoms with Crippen LogP contribution in [-0.2, 0) is 6.54 Å². The van der Waals surface area contributed by atoms with Crippen LogP contribution < -0.4 is 14.8 Å². The summed E-state index contributed by atoms with van der Waals surface area (Å²) in [5.74, 6) is 1.71. The first-order valence-electron chi connectivity index (χ1n) is 10.2. The Balaban J connectivity index is 1.53. The largest absolute Gasteiger partial charge is 0.497 e. The van der Waals surface area contributed by atoms with E-state index in [2.05, 4.69) is 15.3 Å². The Hall–Kier alpha value is -3.19. The maximum atomic E-state index is 12.6. The zero-order valence-corrected chi connectivity index (χ0v) is 20.6. The molecule has 0 radical (unpaired) electrons. The lowest BCUT2D eigenvalue weighted by atomic mass is 10.1. The number of carbonyl (C=O) groups excluding carboxylic acids is 1. The Kier molecular flexibility index (Phi) is 7.32. The summed E-state index contributed by atoms with van der Waals surface area (Å²) in [6.07, 6.45) is 1.74. The van der Waals surface area contributed by atoms with E-state index in [1.807, 2.05) is 42.5 Å². The molecule has 34 heavy (non-hydrogen) atoms. The molecule has 0 aliphatic rings. The molecule has 2 N–H and O–H groups in total. The topological polar surface area (TPSA) is 76.2 Å². The number of aromatic amines is 1. The number of nitrogens with one attached hydrogen (secondary N) is 2. The second-order valence-electron chi connectivity index (χ2n) is 7.34. The van der Waals surface area contributed by atoms with Gasteiger partial charge in [0.2, 0.25) is 0 Å². The number of carbonyl (C=O) groups is 1. The maximum absolute atomic E-state index is 12.6. The summed E-state index contributed by atoms with van der Waals surface area (Å²) in [7, 11) is 3.23. The molecular formula is C25H20Cl3N3O3. The smallest absolute Gasteiger partial charge is 0.254 e. The predicted molar refractivity (Wildman–Crippen MR) is 135 cm³/mol. The van der Waals surface area contributed by atoms with Gasteiger partial charge in [-0.25, -0.2) is 4.98 Å². The van der Waals surface area contributed by atoms with E-state index in [-0.39, 0.29) is 28.1 Å². The van der Waals surface area contributed by atoms with Crippen LogP contribution in [0.3, 0.4) is 0 Å². The van der Waals surface area contributed by atoms with Crippen LogP contribution in [0.5, 0.6) is 11.5 Å². The number of aromatic nitrogens is 2. The molecule has 0 atom stereocenters. The summed E-state index contributed by atoms with van der Waals surface area (Å²) in [6, 6.07) is 16.2. The molecule has 1 amide bonds. The zero-order chi connectivity index (χ0) is 24.2. The van der Waals surface area contributed by atoms with Gasteiger partial charge < -0.3 is 19.8 Å². The van der Waals surface area contributed by atoms with Gasteiger partial charge in [-0.15, -0.1) is 0 Å². The van der Waals surface area contributed by atoms with Crippen molar-refractivity contribution in [3.05, 3.63) is 87.0 Å². The van der Waals surface area contributed by atoms with Gasteiger partial charge in [0.25, 0.3) is 5.91 Å². The van der Waals surface area contributed by atoms with Crippen LogP contribution >= 0.6 is 34.8 Å². The summed E-state index contributed by atoms with van der Waals surface area (Å²) >= 11 is 18.2. The van der Waals surface area contributed by atoms with Gasteiger partial charge in [-0.2, -0.15) is 0 Å². The molecule has 174 valence electrons. The summed E-state index contributed by atoms with van der Waals surface area (Å²) < 4.78 is 10.8. The van der Waals surface area contributed by atoms with Crippen molar-refractivity contribution in [3.8, 4) is 34.1 Å². The van der Waals surface area contributed by atoms with E-state index < -0.39 is 0 Å². The van der Waals surface area contributed by atoms with Crippen molar-refractivity contribution < 1.29 is 14.3 Å². The van der Waals surface area contributed by atoms with Crippen LogP contribution in [0.15, 0.2) is 60.8 Å². The minimum absolute atomic E-state index is 0.187. The molecule has 0 spiro atoms. The van der Waals surface area contributed by atoms with E-state index in [4.69, 9.17) is 44.3 Å². The van der Waals surface area contributed by atoms with Gasteiger partial charge >= 0.3 is 0 Å². The number of ether oxygens (including phenoxy) is 2. The third-order valence-electron chi connectivity index (χ3n) is 5.16. The Bertz CT molecular complexity index is 1330. The van der Waals surface area contributed by atoms with Gasteiger partial charge in [-0.05, 0) is 42.0 Å². The van der Waals surface area contributed by atoms with Gasteiger partial charge in [0.05, 0.1) is 41.7 Å². The number of H-pyrrole nitrogens is 1. The lowest BCUT2D eigenvalue weighted by Gasteiger charge is -2.10. The summed E-state index contributed by atoms with van der Waals surface area (Å²) in [5, 5.41) is 3.59.